The van der Waals surface area contributed by atoms with Gasteiger partial charge in [-0.15, -0.1) is 0 Å². The highest BCUT2D eigenvalue weighted by atomic mass is 32.2. The number of carbonyl (C=O) groups is 1. The first-order valence-electron chi connectivity index (χ1n) is 4.93. The average Bonchev–Trinajstić information content (AvgIpc) is 2.17. The lowest BCUT2D eigenvalue weighted by Crippen LogP contribution is -2.12. The number of ether oxygens (including phenoxy) is 1. The maximum absolute atomic E-state index is 10.4. The van der Waals surface area contributed by atoms with Gasteiger partial charge in [-0.3, -0.25) is 4.79 Å². The average molecular weight is 259 g/mol. The van der Waals surface area contributed by atoms with E-state index in [2.05, 4.69) is 4.74 Å². The number of carbonyl (C=O) groups excluding carboxylic acids is 1. The van der Waals surface area contributed by atoms with E-state index in [1.807, 2.05) is 30.3 Å². The number of benzene rings is 1. The van der Waals surface area contributed by atoms with Crippen LogP contribution in [-0.2, 0) is 19.4 Å². The van der Waals surface area contributed by atoms with Crippen LogP contribution in [0.25, 0.3) is 0 Å². The summed E-state index contributed by atoms with van der Waals surface area (Å²) < 4.78 is 25.2. The highest BCUT2D eigenvalue weighted by Gasteiger charge is 2.01. The summed E-state index contributed by atoms with van der Waals surface area (Å²) in [6.07, 6.45) is 1.09. The van der Waals surface area contributed by atoms with Gasteiger partial charge in [0.15, 0.2) is 9.84 Å². The molecule has 0 heterocycles. The number of esters is 1. The van der Waals surface area contributed by atoms with Crippen molar-refractivity contribution in [3.8, 4) is 0 Å². The van der Waals surface area contributed by atoms with Crippen molar-refractivity contribution < 1.29 is 17.9 Å². The number of para-hydroxylation sites is 1. The smallest absolute Gasteiger partial charge is 0.302 e. The Morgan fingerprint density at radius 1 is 1.29 bits per heavy atom. The number of hydrogen-bond donors (Lipinski definition) is 1. The molecule has 0 saturated heterocycles. The Labute approximate surface area is 102 Å². The van der Waals surface area contributed by atoms with Crippen molar-refractivity contribution in [2.75, 3.05) is 24.3 Å². The fraction of sp³-hybridized carbons (Fsp3) is 0.364. The summed E-state index contributed by atoms with van der Waals surface area (Å²) >= 11 is 0. The van der Waals surface area contributed by atoms with E-state index in [0.717, 1.165) is 11.9 Å². The van der Waals surface area contributed by atoms with Gasteiger partial charge in [-0.05, 0) is 12.1 Å². The largest absolute Gasteiger partial charge is 0.465 e. The first-order valence-corrected chi connectivity index (χ1v) is 6.99. The normalized spacial score (nSPS) is 10.0. The molecule has 0 bridgehead atoms. The molecule has 0 radical (unpaired) electrons. The van der Waals surface area contributed by atoms with Crippen LogP contribution in [0.2, 0.25) is 0 Å². The number of rotatable bonds is 3. The number of nitrogen functional groups attached to an aromatic ring is 1. The standard InChI is InChI=1S/C6H7N.C5H10O4S/c7-6-4-2-1-3-5-6;1-5(6)9-3-4-10(2,7)8/h1-5H,7H2;3-4H2,1-2H3. The monoisotopic (exact) mass is 259 g/mol. The van der Waals surface area contributed by atoms with Gasteiger partial charge in [0, 0.05) is 18.9 Å². The van der Waals surface area contributed by atoms with E-state index in [1.54, 1.807) is 0 Å². The van der Waals surface area contributed by atoms with Gasteiger partial charge >= 0.3 is 5.97 Å². The lowest BCUT2D eigenvalue weighted by Gasteiger charge is -1.98. The molecule has 1 aromatic rings. The van der Waals surface area contributed by atoms with Gasteiger partial charge in [0.05, 0.1) is 5.75 Å². The number of nitrogens with two attached hydrogens (primary N) is 1. The van der Waals surface area contributed by atoms with E-state index in [-0.39, 0.29) is 12.4 Å². The predicted molar refractivity (Wildman–Crippen MR) is 67.2 cm³/mol. The molecule has 0 unspecified atom stereocenters. The molecule has 17 heavy (non-hydrogen) atoms. The zero-order chi connectivity index (χ0) is 13.3. The third-order valence-corrected chi connectivity index (χ3v) is 2.47. The minimum Gasteiger partial charge on any atom is -0.465 e. The summed E-state index contributed by atoms with van der Waals surface area (Å²) in [6.45, 7) is 1.19. The third kappa shape index (κ3) is 12.4. The van der Waals surface area contributed by atoms with Crippen LogP contribution in [0.3, 0.4) is 0 Å². The molecule has 0 amide bonds. The fourth-order valence-corrected chi connectivity index (χ4v) is 1.18. The molecule has 0 fully saturated rings. The van der Waals surface area contributed by atoms with Crippen LogP contribution in [0.5, 0.6) is 0 Å². The maximum Gasteiger partial charge on any atom is 0.302 e. The topological polar surface area (TPSA) is 86.5 Å². The zero-order valence-corrected chi connectivity index (χ0v) is 10.7. The summed E-state index contributed by atoms with van der Waals surface area (Å²) in [7, 11) is -3.00. The molecule has 1 rings (SSSR count). The van der Waals surface area contributed by atoms with Gasteiger partial charge < -0.3 is 10.5 Å². The number of anilines is 1. The minimum atomic E-state index is -3.00. The van der Waals surface area contributed by atoms with Gasteiger partial charge in [-0.2, -0.15) is 0 Å². The molecule has 2 N–H and O–H groups in total. The summed E-state index contributed by atoms with van der Waals surface area (Å²) in [5.74, 6) is -0.560. The minimum absolute atomic E-state index is 0.0475. The Bertz CT molecular complexity index is 428. The fourth-order valence-electron chi connectivity index (χ4n) is 0.790. The lowest BCUT2D eigenvalue weighted by molar-refractivity contribution is -0.140. The summed E-state index contributed by atoms with van der Waals surface area (Å²) in [5.41, 5.74) is 6.18. The van der Waals surface area contributed by atoms with Crippen LogP contribution in [0.1, 0.15) is 6.92 Å². The molecule has 0 aromatic heterocycles. The van der Waals surface area contributed by atoms with E-state index >= 15 is 0 Å². The van der Waals surface area contributed by atoms with Gasteiger partial charge in [0.25, 0.3) is 0 Å². The molecular weight excluding hydrogens is 242 g/mol. The summed E-state index contributed by atoms with van der Waals surface area (Å²) in [5, 5.41) is 0. The van der Waals surface area contributed by atoms with Crippen LogP contribution in [0, 0.1) is 0 Å². The van der Waals surface area contributed by atoms with Crippen molar-refractivity contribution in [3.63, 3.8) is 0 Å². The van der Waals surface area contributed by atoms with Gasteiger partial charge in [-0.25, -0.2) is 8.42 Å². The van der Waals surface area contributed by atoms with E-state index in [0.29, 0.717) is 0 Å². The second-order valence-corrected chi connectivity index (χ2v) is 5.64. The molecule has 5 nitrogen and oxygen atoms in total. The van der Waals surface area contributed by atoms with Gasteiger partial charge in [-0.1, -0.05) is 18.2 Å². The van der Waals surface area contributed by atoms with Crippen molar-refractivity contribution in [3.05, 3.63) is 30.3 Å². The first-order chi connectivity index (χ1) is 7.81. The molecule has 0 atom stereocenters. The van der Waals surface area contributed by atoms with Crippen molar-refractivity contribution in [1.82, 2.24) is 0 Å². The molecule has 0 aliphatic rings. The van der Waals surface area contributed by atoms with Crippen molar-refractivity contribution in [2.24, 2.45) is 0 Å². The summed E-state index contributed by atoms with van der Waals surface area (Å²) in [6, 6.07) is 9.49. The van der Waals surface area contributed by atoms with Crippen molar-refractivity contribution >= 4 is 21.5 Å². The Morgan fingerprint density at radius 2 is 1.82 bits per heavy atom. The van der Waals surface area contributed by atoms with E-state index < -0.39 is 15.8 Å². The van der Waals surface area contributed by atoms with E-state index in [4.69, 9.17) is 5.73 Å². The number of sulfone groups is 1. The van der Waals surface area contributed by atoms with Gasteiger partial charge in [0.1, 0.15) is 6.61 Å². The Balaban J connectivity index is 0.000000318. The highest BCUT2D eigenvalue weighted by molar-refractivity contribution is 7.90. The van der Waals surface area contributed by atoms with Crippen LogP contribution in [-0.4, -0.2) is 33.0 Å². The summed E-state index contributed by atoms with van der Waals surface area (Å²) in [4.78, 5) is 10.1. The van der Waals surface area contributed by atoms with Crippen LogP contribution in [0.15, 0.2) is 30.3 Å². The lowest BCUT2D eigenvalue weighted by atomic mass is 10.3. The molecule has 0 aliphatic heterocycles. The van der Waals surface area contributed by atoms with Crippen LogP contribution >= 0.6 is 0 Å². The molecule has 0 saturated carbocycles. The zero-order valence-electron chi connectivity index (χ0n) is 9.92. The van der Waals surface area contributed by atoms with Gasteiger partial charge in [0.2, 0.25) is 0 Å². The van der Waals surface area contributed by atoms with Crippen molar-refractivity contribution in [2.45, 2.75) is 6.92 Å². The second-order valence-electron chi connectivity index (χ2n) is 3.38. The maximum atomic E-state index is 10.4. The Morgan fingerprint density at radius 3 is 2.12 bits per heavy atom. The SMILES string of the molecule is CC(=O)OCCS(C)(=O)=O.Nc1ccccc1. The molecule has 96 valence electrons. The van der Waals surface area contributed by atoms with E-state index in [9.17, 15) is 13.2 Å². The molecule has 0 spiro atoms. The molecule has 0 aliphatic carbocycles. The number of hydrogen-bond acceptors (Lipinski definition) is 5. The van der Waals surface area contributed by atoms with Crippen molar-refractivity contribution in [1.29, 1.82) is 0 Å². The molecule has 6 heteroatoms. The Kier molecular flexibility index (Phi) is 6.97. The van der Waals surface area contributed by atoms with E-state index in [1.165, 1.54) is 6.92 Å². The second kappa shape index (κ2) is 7.67. The molecular formula is C11H17NO4S. The third-order valence-electron chi connectivity index (χ3n) is 1.56. The van der Waals surface area contributed by atoms with Crippen LogP contribution < -0.4 is 5.73 Å². The highest BCUT2D eigenvalue weighted by Crippen LogP contribution is 1.95. The molecule has 1 aromatic carbocycles. The van der Waals surface area contributed by atoms with Crippen LogP contribution in [0.4, 0.5) is 5.69 Å². The Hall–Kier alpha value is -1.56. The first kappa shape index (κ1) is 15.4. The quantitative estimate of drug-likeness (QED) is 0.642. The predicted octanol–water partition coefficient (Wildman–Crippen LogP) is 0.863.